The van der Waals surface area contributed by atoms with Gasteiger partial charge < -0.3 is 5.11 Å². The molecule has 2 heteroatoms. The second-order valence-electron chi connectivity index (χ2n) is 11.5. The van der Waals surface area contributed by atoms with Crippen LogP contribution in [-0.4, -0.2) is 17.0 Å². The molecule has 0 heterocycles. The van der Waals surface area contributed by atoms with Crippen LogP contribution in [0.3, 0.4) is 0 Å². The lowest BCUT2D eigenvalue weighted by Crippen LogP contribution is -2.53. The fourth-order valence-electron chi connectivity index (χ4n) is 8.28. The molecule has 1 aromatic carbocycles. The van der Waals surface area contributed by atoms with Gasteiger partial charge in [0.1, 0.15) is 0 Å². The average Bonchev–Trinajstić information content (AvgIpc) is 3.05. The molecule has 0 amide bonds. The number of carbonyl (C=O) groups is 1. The van der Waals surface area contributed by atoms with Crippen LogP contribution >= 0.6 is 0 Å². The predicted molar refractivity (Wildman–Crippen MR) is 121 cm³/mol. The van der Waals surface area contributed by atoms with Crippen LogP contribution in [-0.2, 0) is 0 Å². The number of hydrogen-bond acceptors (Lipinski definition) is 2. The van der Waals surface area contributed by atoms with E-state index in [-0.39, 0.29) is 17.3 Å². The summed E-state index contributed by atoms with van der Waals surface area (Å²) in [5.74, 6) is 3.25. The van der Waals surface area contributed by atoms with Crippen molar-refractivity contribution in [2.24, 2.45) is 34.5 Å². The van der Waals surface area contributed by atoms with Crippen molar-refractivity contribution in [2.75, 3.05) is 0 Å². The molecule has 1 N–H and O–H groups in total. The third kappa shape index (κ3) is 3.13. The first-order valence-electron chi connectivity index (χ1n) is 12.3. The molecule has 7 atom stereocenters. The van der Waals surface area contributed by atoms with Crippen LogP contribution in [0.1, 0.15) is 87.6 Å². The van der Waals surface area contributed by atoms with E-state index in [0.717, 1.165) is 42.6 Å². The van der Waals surface area contributed by atoms with Gasteiger partial charge in [-0.3, -0.25) is 4.79 Å². The highest BCUT2D eigenvalue weighted by molar-refractivity contribution is 6.05. The zero-order chi connectivity index (χ0) is 21.1. The molecular formula is C28H38O2. The van der Waals surface area contributed by atoms with Crippen LogP contribution in [0.4, 0.5) is 0 Å². The van der Waals surface area contributed by atoms with Gasteiger partial charge in [0.05, 0.1) is 6.10 Å². The smallest absolute Gasteiger partial charge is 0.185 e. The molecule has 0 saturated heterocycles. The van der Waals surface area contributed by atoms with Gasteiger partial charge in [0.25, 0.3) is 0 Å². The Kier molecular flexibility index (Phi) is 5.01. The summed E-state index contributed by atoms with van der Waals surface area (Å²) in [5.41, 5.74) is 4.07. The standard InChI is InChI=1S/C28H38O2/c1-18-4-6-19(7-5-18)26(30)17-21-9-11-24-23-10-8-20-16-22(29)12-14-27(20,2)25(23)13-15-28(21,24)3/h4-7,17,20,22-25,29H,8-16H2,1-3H3/b21-17+/t20-,22-,23-,24-,25-,27-,28+/m0/s1. The van der Waals surface area contributed by atoms with Crippen molar-refractivity contribution in [3.8, 4) is 0 Å². The number of rotatable bonds is 2. The normalized spacial score (nSPS) is 44.3. The summed E-state index contributed by atoms with van der Waals surface area (Å²) in [6, 6.07) is 8.02. The molecule has 4 saturated carbocycles. The van der Waals surface area contributed by atoms with E-state index in [1.807, 2.05) is 30.3 Å². The first-order valence-corrected chi connectivity index (χ1v) is 12.3. The third-order valence-corrected chi connectivity index (χ3v) is 10.1. The Bertz CT molecular complexity index is 852. The minimum absolute atomic E-state index is 0.0673. The Morgan fingerprint density at radius 1 is 1.00 bits per heavy atom. The lowest BCUT2D eigenvalue weighted by Gasteiger charge is -2.60. The highest BCUT2D eigenvalue weighted by Gasteiger charge is 2.58. The second-order valence-corrected chi connectivity index (χ2v) is 11.5. The van der Waals surface area contributed by atoms with Gasteiger partial charge in [0, 0.05) is 5.56 Å². The Morgan fingerprint density at radius 2 is 1.77 bits per heavy atom. The largest absolute Gasteiger partial charge is 0.393 e. The van der Waals surface area contributed by atoms with Crippen molar-refractivity contribution < 1.29 is 9.90 Å². The minimum atomic E-state index is -0.0673. The maximum absolute atomic E-state index is 13.0. The van der Waals surface area contributed by atoms with E-state index >= 15 is 0 Å². The molecule has 0 spiro atoms. The highest BCUT2D eigenvalue weighted by Crippen LogP contribution is 2.67. The Hall–Kier alpha value is -1.41. The van der Waals surface area contributed by atoms with Crippen molar-refractivity contribution in [1.29, 1.82) is 0 Å². The lowest BCUT2D eigenvalue weighted by molar-refractivity contribution is -0.116. The van der Waals surface area contributed by atoms with Gasteiger partial charge in [0.15, 0.2) is 5.78 Å². The zero-order valence-corrected chi connectivity index (χ0v) is 19.0. The van der Waals surface area contributed by atoms with Crippen LogP contribution in [0.25, 0.3) is 0 Å². The summed E-state index contributed by atoms with van der Waals surface area (Å²) in [4.78, 5) is 13.0. The molecule has 4 aliphatic carbocycles. The van der Waals surface area contributed by atoms with Gasteiger partial charge in [0.2, 0.25) is 0 Å². The maximum Gasteiger partial charge on any atom is 0.185 e. The Balaban J connectivity index is 1.39. The molecule has 0 unspecified atom stereocenters. The third-order valence-electron chi connectivity index (χ3n) is 10.1. The monoisotopic (exact) mass is 406 g/mol. The van der Waals surface area contributed by atoms with Crippen molar-refractivity contribution in [1.82, 2.24) is 0 Å². The molecule has 0 aliphatic heterocycles. The molecule has 1 aromatic rings. The van der Waals surface area contributed by atoms with Gasteiger partial charge >= 0.3 is 0 Å². The fraction of sp³-hybridized carbons (Fsp3) is 0.679. The average molecular weight is 407 g/mol. The van der Waals surface area contributed by atoms with E-state index < -0.39 is 0 Å². The summed E-state index contributed by atoms with van der Waals surface area (Å²) < 4.78 is 0. The van der Waals surface area contributed by atoms with Crippen LogP contribution in [0.5, 0.6) is 0 Å². The lowest BCUT2D eigenvalue weighted by atomic mass is 9.45. The zero-order valence-electron chi connectivity index (χ0n) is 19.0. The predicted octanol–water partition coefficient (Wildman–Crippen LogP) is 6.51. The summed E-state index contributed by atoms with van der Waals surface area (Å²) in [7, 11) is 0. The number of aliphatic hydroxyl groups excluding tert-OH is 1. The van der Waals surface area contributed by atoms with E-state index in [0.29, 0.717) is 11.3 Å². The Morgan fingerprint density at radius 3 is 2.53 bits per heavy atom. The minimum Gasteiger partial charge on any atom is -0.393 e. The van der Waals surface area contributed by atoms with Crippen LogP contribution in [0.15, 0.2) is 35.9 Å². The molecule has 162 valence electrons. The van der Waals surface area contributed by atoms with Crippen molar-refractivity contribution in [3.63, 3.8) is 0 Å². The van der Waals surface area contributed by atoms with Gasteiger partial charge in [-0.05, 0) is 105 Å². The first kappa shape index (κ1) is 20.5. The molecule has 0 radical (unpaired) electrons. The summed E-state index contributed by atoms with van der Waals surface area (Å²) in [6.45, 7) is 7.08. The molecular weight excluding hydrogens is 368 g/mol. The topological polar surface area (TPSA) is 37.3 Å². The Labute approximate surface area is 182 Å². The molecule has 0 aromatic heterocycles. The van der Waals surface area contributed by atoms with Gasteiger partial charge in [-0.2, -0.15) is 0 Å². The van der Waals surface area contributed by atoms with Crippen molar-refractivity contribution in [3.05, 3.63) is 47.0 Å². The van der Waals surface area contributed by atoms with E-state index in [1.54, 1.807) is 0 Å². The quantitative estimate of drug-likeness (QED) is 0.449. The van der Waals surface area contributed by atoms with Crippen molar-refractivity contribution >= 4 is 5.78 Å². The summed E-state index contributed by atoms with van der Waals surface area (Å²) in [6.07, 6.45) is 12.7. The number of fused-ring (bicyclic) bond motifs is 5. The number of benzene rings is 1. The number of allylic oxidation sites excluding steroid dienone is 2. The van der Waals surface area contributed by atoms with E-state index in [9.17, 15) is 9.90 Å². The van der Waals surface area contributed by atoms with Crippen LogP contribution < -0.4 is 0 Å². The highest BCUT2D eigenvalue weighted by atomic mass is 16.3. The fourth-order valence-corrected chi connectivity index (χ4v) is 8.28. The van der Waals surface area contributed by atoms with Gasteiger partial charge in [-0.1, -0.05) is 49.2 Å². The first-order chi connectivity index (χ1) is 14.3. The van der Waals surface area contributed by atoms with E-state index in [4.69, 9.17) is 0 Å². The number of aliphatic hydroxyl groups is 1. The number of ketones is 1. The summed E-state index contributed by atoms with van der Waals surface area (Å²) >= 11 is 0. The maximum atomic E-state index is 13.0. The second kappa shape index (κ2) is 7.33. The molecule has 30 heavy (non-hydrogen) atoms. The number of carbonyl (C=O) groups excluding carboxylic acids is 1. The van der Waals surface area contributed by atoms with Gasteiger partial charge in [-0.15, -0.1) is 0 Å². The van der Waals surface area contributed by atoms with Crippen LogP contribution in [0, 0.1) is 41.4 Å². The molecule has 0 bridgehead atoms. The van der Waals surface area contributed by atoms with Crippen molar-refractivity contribution in [2.45, 2.75) is 84.7 Å². The van der Waals surface area contributed by atoms with E-state index in [1.165, 1.54) is 49.7 Å². The van der Waals surface area contributed by atoms with Gasteiger partial charge in [-0.25, -0.2) is 0 Å². The number of aryl methyl sites for hydroxylation is 1. The molecule has 4 aliphatic rings. The van der Waals surface area contributed by atoms with E-state index in [2.05, 4.69) is 20.8 Å². The summed E-state index contributed by atoms with van der Waals surface area (Å²) in [5, 5.41) is 10.2. The molecule has 4 fully saturated rings. The van der Waals surface area contributed by atoms with Crippen LogP contribution in [0.2, 0.25) is 0 Å². The molecule has 2 nitrogen and oxygen atoms in total. The SMILES string of the molecule is Cc1ccc(C(=O)/C=C2\CC[C@H]3[C@@H]4CC[C@H]5C[C@@H](O)CC[C@]5(C)[C@H]4CC[C@]23C)cc1. The number of hydrogen-bond donors (Lipinski definition) is 1. The molecule has 5 rings (SSSR count).